The number of aliphatic hydroxyl groups excluding tert-OH is 6. The molecule has 0 aromatic carbocycles. The molecule has 2 saturated heterocycles. The number of ether oxygens (including phenoxy) is 3. The van der Waals surface area contributed by atoms with Gasteiger partial charge in [0.1, 0.15) is 60.2 Å². The van der Waals surface area contributed by atoms with Gasteiger partial charge in [0.25, 0.3) is 0 Å². The smallest absolute Gasteiger partial charge is 0.189 e. The van der Waals surface area contributed by atoms with Gasteiger partial charge in [0, 0.05) is 0 Å². The minimum absolute atomic E-state index is 0.0575. The van der Waals surface area contributed by atoms with E-state index in [1.807, 2.05) is 0 Å². The maximum atomic E-state index is 10.5. The summed E-state index contributed by atoms with van der Waals surface area (Å²) in [5, 5.41) is 78.5. The van der Waals surface area contributed by atoms with E-state index in [9.17, 15) is 30.6 Å². The summed E-state index contributed by atoms with van der Waals surface area (Å²) in [6, 6.07) is 0. The second-order valence-corrected chi connectivity index (χ2v) is 9.51. The molecule has 2 aliphatic rings. The third-order valence-corrected chi connectivity index (χ3v) is 6.36. The van der Waals surface area contributed by atoms with Gasteiger partial charge in [-0.05, 0) is 0 Å². The summed E-state index contributed by atoms with van der Waals surface area (Å²) in [6.07, 6.45) is -12.8. The summed E-state index contributed by atoms with van der Waals surface area (Å²) < 4.78 is 19.6. The van der Waals surface area contributed by atoms with Gasteiger partial charge in [0.2, 0.25) is 0 Å². The number of aliphatic hydroxyl groups is 6. The topological polar surface area (TPSA) is 339 Å². The highest BCUT2D eigenvalue weighted by Gasteiger charge is 2.50. The van der Waals surface area contributed by atoms with E-state index in [1.54, 1.807) is 0 Å². The van der Waals surface area contributed by atoms with E-state index >= 15 is 0 Å². The van der Waals surface area contributed by atoms with Crippen LogP contribution in [-0.2, 0) is 40.4 Å². The molecule has 21 nitrogen and oxygen atoms in total. The molecule has 21 heteroatoms. The summed E-state index contributed by atoms with van der Waals surface area (Å²) in [4.78, 5) is 7.64. The summed E-state index contributed by atoms with van der Waals surface area (Å²) in [5.74, 6) is -0.271. The quantitative estimate of drug-likeness (QED) is 0.0912. The molecule has 0 spiro atoms. The van der Waals surface area contributed by atoms with Crippen LogP contribution in [0.25, 0.3) is 0 Å². The lowest BCUT2D eigenvalue weighted by Gasteiger charge is -2.45. The molecule has 4 rings (SSSR count). The van der Waals surface area contributed by atoms with Gasteiger partial charge in [0.15, 0.2) is 24.5 Å². The zero-order chi connectivity index (χ0) is 29.8. The predicted octanol–water partition coefficient (Wildman–Crippen LogP) is -7.25. The highest BCUT2D eigenvalue weighted by Crippen LogP contribution is 2.29. The number of aromatic nitrogens is 6. The van der Waals surface area contributed by atoms with Crippen LogP contribution in [-0.4, -0.2) is 134 Å². The lowest BCUT2D eigenvalue weighted by molar-refractivity contribution is -0.375. The monoisotopic (exact) mass is 586 g/mol. The Balaban J connectivity index is 1.42. The van der Waals surface area contributed by atoms with Gasteiger partial charge in [-0.15, -0.1) is 10.2 Å². The number of hydrogen-bond donors (Lipinski definition) is 10. The molecule has 41 heavy (non-hydrogen) atoms. The van der Waals surface area contributed by atoms with Crippen molar-refractivity contribution in [1.82, 2.24) is 30.0 Å². The number of nitrogens with two attached hydrogens (primary N) is 4. The van der Waals surface area contributed by atoms with Crippen LogP contribution in [0.1, 0.15) is 11.4 Å². The molecule has 4 heterocycles. The average molecular weight is 587 g/mol. The van der Waals surface area contributed by atoms with Crippen molar-refractivity contribution < 1.29 is 44.8 Å². The van der Waals surface area contributed by atoms with Crippen LogP contribution < -0.4 is 22.9 Å². The number of hydrogen-bond acceptors (Lipinski definition) is 15. The fraction of sp³-hybridized carbons (Fsp3) is 0.700. The number of aliphatic imine (C=N–C) groups is 2. The Kier molecular flexibility index (Phi) is 9.62. The van der Waals surface area contributed by atoms with E-state index in [-0.39, 0.29) is 38.1 Å². The summed E-state index contributed by atoms with van der Waals surface area (Å²) in [7, 11) is 0. The molecule has 0 saturated carbocycles. The van der Waals surface area contributed by atoms with Crippen LogP contribution in [0, 0.1) is 0 Å². The van der Waals surface area contributed by atoms with Gasteiger partial charge >= 0.3 is 0 Å². The maximum absolute atomic E-state index is 10.5. The molecule has 2 aromatic rings. The van der Waals surface area contributed by atoms with E-state index in [1.165, 1.54) is 21.8 Å². The SMILES string of the molecule is NC(N)=NCc1cn(C[C@H]2O[C@H](O[C@H]3O[C@H](Cn4cc(CN=C(N)N)nn4)[C@@H](O)[C@H](O)[C@H]3O)[C@H](O)[C@@H](O)[C@@H]2O)nn1. The molecule has 0 amide bonds. The molecule has 10 atom stereocenters. The predicted molar refractivity (Wildman–Crippen MR) is 134 cm³/mol. The standard InChI is InChI=1S/C20H34N12O9/c21-19(22)25-1-7-3-31(29-27-7)5-9-11(33)13(35)15(37)17(39-9)41-18-16(38)14(36)12(34)10(40-18)6-32-4-8(28-30-32)2-26-20(23)24/h3-4,9-18,33-38H,1-2,5-6H2,(H4,21,22,25)(H4,23,24,26)/t9-,10-,11-,12-,13+,14+,15-,16-,17-,18-/m1/s1. The first-order valence-corrected chi connectivity index (χ1v) is 12.4. The first kappa shape index (κ1) is 30.4. The van der Waals surface area contributed by atoms with Gasteiger partial charge in [-0.3, -0.25) is 0 Å². The summed E-state index contributed by atoms with van der Waals surface area (Å²) >= 11 is 0. The summed E-state index contributed by atoms with van der Waals surface area (Å²) in [6.45, 7) is -0.151. The first-order valence-electron chi connectivity index (χ1n) is 12.4. The molecule has 0 aliphatic carbocycles. The lowest BCUT2D eigenvalue weighted by atomic mass is 9.97. The minimum atomic E-state index is -1.78. The Morgan fingerprint density at radius 1 is 0.683 bits per heavy atom. The highest BCUT2D eigenvalue weighted by molar-refractivity contribution is 5.75. The maximum Gasteiger partial charge on any atom is 0.189 e. The van der Waals surface area contributed by atoms with Crippen molar-refractivity contribution >= 4 is 11.9 Å². The molecule has 2 aliphatic heterocycles. The van der Waals surface area contributed by atoms with E-state index < -0.39 is 61.4 Å². The Morgan fingerprint density at radius 3 is 1.44 bits per heavy atom. The fourth-order valence-corrected chi connectivity index (χ4v) is 4.21. The third-order valence-electron chi connectivity index (χ3n) is 6.36. The van der Waals surface area contributed by atoms with Gasteiger partial charge in [-0.25, -0.2) is 19.3 Å². The van der Waals surface area contributed by atoms with E-state index in [0.29, 0.717) is 11.4 Å². The van der Waals surface area contributed by atoms with Crippen molar-refractivity contribution in [1.29, 1.82) is 0 Å². The minimum Gasteiger partial charge on any atom is -0.388 e. The molecule has 2 fully saturated rings. The largest absolute Gasteiger partial charge is 0.388 e. The van der Waals surface area contributed by atoms with Crippen molar-refractivity contribution in [3.8, 4) is 0 Å². The highest BCUT2D eigenvalue weighted by atomic mass is 16.8. The normalized spacial score (nSPS) is 33.8. The molecular formula is C20H34N12O9. The number of rotatable bonds is 10. The molecule has 2 aromatic heterocycles. The third kappa shape index (κ3) is 7.41. The van der Waals surface area contributed by atoms with Crippen LogP contribution in [0.4, 0.5) is 0 Å². The van der Waals surface area contributed by atoms with Crippen LogP contribution in [0.3, 0.4) is 0 Å². The van der Waals surface area contributed by atoms with Crippen molar-refractivity contribution in [3.05, 3.63) is 23.8 Å². The molecule has 228 valence electrons. The first-order chi connectivity index (χ1) is 19.4. The van der Waals surface area contributed by atoms with E-state index in [4.69, 9.17) is 37.1 Å². The van der Waals surface area contributed by atoms with Crippen molar-refractivity contribution in [3.63, 3.8) is 0 Å². The van der Waals surface area contributed by atoms with Crippen LogP contribution in [0.5, 0.6) is 0 Å². The molecule has 0 radical (unpaired) electrons. The van der Waals surface area contributed by atoms with Gasteiger partial charge in [-0.1, -0.05) is 10.4 Å². The average Bonchev–Trinajstić information content (AvgIpc) is 3.58. The Bertz CT molecular complexity index is 1110. The van der Waals surface area contributed by atoms with E-state index in [0.717, 1.165) is 0 Å². The second kappa shape index (κ2) is 13.0. The van der Waals surface area contributed by atoms with E-state index in [2.05, 4.69) is 30.6 Å². The number of guanidine groups is 2. The zero-order valence-corrected chi connectivity index (χ0v) is 21.6. The van der Waals surface area contributed by atoms with Gasteiger partial charge in [0.05, 0.1) is 38.6 Å². The molecular weight excluding hydrogens is 552 g/mol. The summed E-state index contributed by atoms with van der Waals surface area (Å²) in [5.41, 5.74) is 22.0. The second-order valence-electron chi connectivity index (χ2n) is 9.51. The number of nitrogens with zero attached hydrogens (tertiary/aromatic N) is 8. The Morgan fingerprint density at radius 2 is 1.07 bits per heavy atom. The van der Waals surface area contributed by atoms with Crippen molar-refractivity contribution in [2.75, 3.05) is 0 Å². The van der Waals surface area contributed by atoms with Crippen LogP contribution in [0.2, 0.25) is 0 Å². The van der Waals surface area contributed by atoms with Crippen LogP contribution in [0.15, 0.2) is 22.4 Å². The van der Waals surface area contributed by atoms with Crippen molar-refractivity contribution in [2.24, 2.45) is 32.9 Å². The van der Waals surface area contributed by atoms with Gasteiger partial charge < -0.3 is 67.8 Å². The molecule has 0 bridgehead atoms. The van der Waals surface area contributed by atoms with Crippen LogP contribution >= 0.6 is 0 Å². The fourth-order valence-electron chi connectivity index (χ4n) is 4.21. The Labute approximate surface area is 231 Å². The van der Waals surface area contributed by atoms with Gasteiger partial charge in [-0.2, -0.15) is 0 Å². The van der Waals surface area contributed by atoms with Crippen molar-refractivity contribution in [2.45, 2.75) is 87.6 Å². The lowest BCUT2D eigenvalue weighted by Crippen LogP contribution is -2.63. The Hall–Kier alpha value is -3.54. The molecule has 14 N–H and O–H groups in total. The molecule has 0 unspecified atom stereocenters. The zero-order valence-electron chi connectivity index (χ0n) is 21.6.